The first-order chi connectivity index (χ1) is 19.3. The topological polar surface area (TPSA) is 304 Å². The van der Waals surface area contributed by atoms with Crippen LogP contribution in [0.2, 0.25) is 0 Å². The van der Waals surface area contributed by atoms with Gasteiger partial charge in [0.05, 0.1) is 12.5 Å². The SMILES string of the molecule is NCCCCC(NC(=O)C(N)CCCN=C(N)N)C(=O)NC(CC(N)=O)C(=O)NC(Cc1ccc(O)cc1)C(=O)O. The minimum atomic E-state index is -1.52. The van der Waals surface area contributed by atoms with E-state index >= 15 is 0 Å². The summed E-state index contributed by atoms with van der Waals surface area (Å²) in [6.45, 7) is 0.606. The van der Waals surface area contributed by atoms with E-state index in [4.69, 9.17) is 28.7 Å². The summed E-state index contributed by atoms with van der Waals surface area (Å²) in [5.74, 6) is -4.79. The number of aliphatic carboxylic acids is 1. The summed E-state index contributed by atoms with van der Waals surface area (Å²) in [5.41, 5.74) is 27.8. The van der Waals surface area contributed by atoms with Crippen LogP contribution < -0.4 is 44.6 Å². The molecule has 16 nitrogen and oxygen atoms in total. The van der Waals surface area contributed by atoms with Crippen LogP contribution in [0.1, 0.15) is 44.1 Å². The first-order valence-electron chi connectivity index (χ1n) is 13.0. The molecule has 0 spiro atoms. The van der Waals surface area contributed by atoms with Crippen molar-refractivity contribution in [3.8, 4) is 5.75 Å². The Bertz CT molecular complexity index is 1060. The molecule has 0 aromatic heterocycles. The number of nitrogens with one attached hydrogen (secondary N) is 3. The highest BCUT2D eigenvalue weighted by atomic mass is 16.4. The number of phenols is 1. The van der Waals surface area contributed by atoms with Crippen molar-refractivity contribution in [2.45, 2.75) is 69.1 Å². The zero-order valence-electron chi connectivity index (χ0n) is 22.8. The average Bonchev–Trinajstić information content (AvgIpc) is 2.90. The van der Waals surface area contributed by atoms with Crippen LogP contribution in [-0.2, 0) is 30.4 Å². The molecule has 0 aliphatic carbocycles. The number of nitrogens with two attached hydrogens (primary N) is 5. The van der Waals surface area contributed by atoms with E-state index in [-0.39, 0.29) is 37.5 Å². The molecule has 16 heteroatoms. The third-order valence-electron chi connectivity index (χ3n) is 5.91. The Hall–Kier alpha value is -4.44. The van der Waals surface area contributed by atoms with Crippen LogP contribution in [0.3, 0.4) is 0 Å². The minimum absolute atomic E-state index is 0.0195. The van der Waals surface area contributed by atoms with Gasteiger partial charge in [0.25, 0.3) is 0 Å². The lowest BCUT2D eigenvalue weighted by molar-refractivity contribution is -0.142. The number of aromatic hydroxyl groups is 1. The summed E-state index contributed by atoms with van der Waals surface area (Å²) in [7, 11) is 0. The van der Waals surface area contributed by atoms with E-state index in [2.05, 4.69) is 20.9 Å². The normalized spacial score (nSPS) is 13.6. The van der Waals surface area contributed by atoms with Gasteiger partial charge in [0.2, 0.25) is 23.6 Å². The molecule has 1 aromatic rings. The average molecular weight is 580 g/mol. The van der Waals surface area contributed by atoms with Crippen LogP contribution in [0, 0.1) is 0 Å². The number of phenolic OH excluding ortho intramolecular Hbond substituents is 1. The molecule has 228 valence electrons. The molecule has 0 radical (unpaired) electrons. The number of hydrogen-bond acceptors (Lipinski definition) is 9. The third kappa shape index (κ3) is 14.0. The van der Waals surface area contributed by atoms with E-state index in [1.807, 2.05) is 0 Å². The summed E-state index contributed by atoms with van der Waals surface area (Å²) in [6.07, 6.45) is 1.02. The lowest BCUT2D eigenvalue weighted by atomic mass is 10.0. The molecule has 4 atom stereocenters. The number of unbranched alkanes of at least 4 members (excludes halogenated alkanes) is 1. The van der Waals surface area contributed by atoms with Gasteiger partial charge in [-0.2, -0.15) is 0 Å². The number of amides is 4. The number of rotatable bonds is 19. The van der Waals surface area contributed by atoms with Crippen molar-refractivity contribution in [2.75, 3.05) is 13.1 Å². The van der Waals surface area contributed by atoms with Gasteiger partial charge in [-0.15, -0.1) is 0 Å². The highest BCUT2D eigenvalue weighted by Gasteiger charge is 2.31. The molecule has 1 aromatic carbocycles. The standard InChI is InChI=1S/C25H41N9O7/c26-10-2-1-5-17(32-21(37)16(27)4-3-11-31-25(29)30)22(38)33-18(13-20(28)36)23(39)34-19(24(40)41)12-14-6-8-15(35)9-7-14/h6-9,16-19,35H,1-5,10-13,26-27H2,(H2,28,36)(H,32,37)(H,33,38)(H,34,39)(H,40,41)(H4,29,30,31). The molecular formula is C25H41N9O7. The Morgan fingerprint density at radius 2 is 1.39 bits per heavy atom. The second-order valence-electron chi connectivity index (χ2n) is 9.40. The Morgan fingerprint density at radius 1 is 0.805 bits per heavy atom. The summed E-state index contributed by atoms with van der Waals surface area (Å²) >= 11 is 0. The van der Waals surface area contributed by atoms with E-state index in [0.29, 0.717) is 31.4 Å². The smallest absolute Gasteiger partial charge is 0.326 e. The van der Waals surface area contributed by atoms with Gasteiger partial charge >= 0.3 is 5.97 Å². The molecular weight excluding hydrogens is 538 g/mol. The highest BCUT2D eigenvalue weighted by molar-refractivity contribution is 5.96. The molecule has 4 unspecified atom stereocenters. The van der Waals surface area contributed by atoms with E-state index in [9.17, 15) is 34.2 Å². The van der Waals surface area contributed by atoms with Gasteiger partial charge in [-0.1, -0.05) is 12.1 Å². The molecule has 15 N–H and O–H groups in total. The van der Waals surface area contributed by atoms with Gasteiger partial charge in [0, 0.05) is 13.0 Å². The van der Waals surface area contributed by atoms with Crippen molar-refractivity contribution in [2.24, 2.45) is 33.7 Å². The van der Waals surface area contributed by atoms with Crippen LogP contribution in [0.15, 0.2) is 29.3 Å². The zero-order valence-corrected chi connectivity index (χ0v) is 22.8. The summed E-state index contributed by atoms with van der Waals surface area (Å²) < 4.78 is 0. The Labute approximate surface area is 237 Å². The molecule has 0 aliphatic heterocycles. The fourth-order valence-electron chi connectivity index (χ4n) is 3.71. The van der Waals surface area contributed by atoms with E-state index < -0.39 is 60.2 Å². The molecule has 0 saturated heterocycles. The molecule has 0 heterocycles. The fourth-order valence-corrected chi connectivity index (χ4v) is 3.71. The summed E-state index contributed by atoms with van der Waals surface area (Å²) in [5, 5.41) is 26.3. The number of primary amides is 1. The van der Waals surface area contributed by atoms with Crippen molar-refractivity contribution in [1.82, 2.24) is 16.0 Å². The number of hydrogen-bond donors (Lipinski definition) is 10. The lowest BCUT2D eigenvalue weighted by Gasteiger charge is -2.25. The lowest BCUT2D eigenvalue weighted by Crippen LogP contribution is -2.58. The van der Waals surface area contributed by atoms with Gasteiger partial charge in [0.15, 0.2) is 5.96 Å². The van der Waals surface area contributed by atoms with Gasteiger partial charge in [-0.3, -0.25) is 24.2 Å². The number of nitrogens with zero attached hydrogens (tertiary/aromatic N) is 1. The van der Waals surface area contributed by atoms with Crippen LogP contribution >= 0.6 is 0 Å². The zero-order chi connectivity index (χ0) is 30.9. The molecule has 0 fully saturated rings. The molecule has 0 bridgehead atoms. The molecule has 41 heavy (non-hydrogen) atoms. The number of carbonyl (C=O) groups is 5. The maximum Gasteiger partial charge on any atom is 0.326 e. The molecule has 4 amide bonds. The van der Waals surface area contributed by atoms with Crippen molar-refractivity contribution < 1.29 is 34.2 Å². The first-order valence-corrected chi connectivity index (χ1v) is 13.0. The Morgan fingerprint density at radius 3 is 1.95 bits per heavy atom. The van der Waals surface area contributed by atoms with Crippen molar-refractivity contribution in [3.63, 3.8) is 0 Å². The second kappa shape index (κ2) is 18.0. The van der Waals surface area contributed by atoms with Crippen molar-refractivity contribution in [3.05, 3.63) is 29.8 Å². The van der Waals surface area contributed by atoms with Gasteiger partial charge in [-0.25, -0.2) is 4.79 Å². The van der Waals surface area contributed by atoms with Crippen molar-refractivity contribution >= 4 is 35.6 Å². The number of benzene rings is 1. The first kappa shape index (κ1) is 34.6. The summed E-state index contributed by atoms with van der Waals surface area (Å²) in [4.78, 5) is 66.1. The van der Waals surface area contributed by atoms with E-state index in [1.54, 1.807) is 0 Å². The van der Waals surface area contributed by atoms with Crippen LogP contribution in [0.4, 0.5) is 0 Å². The minimum Gasteiger partial charge on any atom is -0.508 e. The van der Waals surface area contributed by atoms with Crippen LogP contribution in [-0.4, -0.2) is 83.0 Å². The number of carbonyl (C=O) groups excluding carboxylic acids is 4. The van der Waals surface area contributed by atoms with Gasteiger partial charge in [0.1, 0.15) is 23.9 Å². The van der Waals surface area contributed by atoms with E-state index in [1.165, 1.54) is 24.3 Å². The predicted molar refractivity (Wildman–Crippen MR) is 150 cm³/mol. The fraction of sp³-hybridized carbons (Fsp3) is 0.520. The predicted octanol–water partition coefficient (Wildman–Crippen LogP) is -3.14. The maximum absolute atomic E-state index is 13.2. The van der Waals surface area contributed by atoms with Crippen LogP contribution in [0.5, 0.6) is 5.75 Å². The van der Waals surface area contributed by atoms with Crippen molar-refractivity contribution in [1.29, 1.82) is 0 Å². The molecule has 0 aliphatic rings. The number of carboxylic acids is 1. The quantitative estimate of drug-likeness (QED) is 0.0443. The van der Waals surface area contributed by atoms with Gasteiger partial charge < -0.3 is 54.8 Å². The van der Waals surface area contributed by atoms with Gasteiger partial charge in [-0.05, 0) is 56.3 Å². The second-order valence-corrected chi connectivity index (χ2v) is 9.40. The summed E-state index contributed by atoms with van der Waals surface area (Å²) in [6, 6.07) is 0.645. The number of aliphatic imine (C=N–C) groups is 1. The monoisotopic (exact) mass is 579 g/mol. The Kier molecular flexibility index (Phi) is 15.2. The maximum atomic E-state index is 13.2. The highest BCUT2D eigenvalue weighted by Crippen LogP contribution is 2.12. The van der Waals surface area contributed by atoms with E-state index in [0.717, 1.165) is 0 Å². The number of carboxylic acid groups (broad SMARTS) is 1. The molecule has 1 rings (SSSR count). The molecule has 0 saturated carbocycles. The largest absolute Gasteiger partial charge is 0.508 e. The third-order valence-corrected chi connectivity index (χ3v) is 5.91. The Balaban J connectivity index is 2.97. The van der Waals surface area contributed by atoms with Crippen LogP contribution in [0.25, 0.3) is 0 Å². The number of guanidine groups is 1.